The first-order valence-corrected chi connectivity index (χ1v) is 9.22. The van der Waals surface area contributed by atoms with Gasteiger partial charge in [0.1, 0.15) is 5.82 Å². The summed E-state index contributed by atoms with van der Waals surface area (Å²) in [7, 11) is 0. The van der Waals surface area contributed by atoms with Crippen LogP contribution in [-0.2, 0) is 0 Å². The number of nitrogens with zero attached hydrogens (tertiary/aromatic N) is 1. The largest absolute Gasteiger partial charge is 0.501 e. The van der Waals surface area contributed by atoms with Crippen LogP contribution in [0.5, 0.6) is 5.75 Å². The van der Waals surface area contributed by atoms with Crippen molar-refractivity contribution in [2.24, 2.45) is 0 Å². The quantitative estimate of drug-likeness (QED) is 0.440. The molecule has 2 aromatic carbocycles. The maximum Gasteiger partial charge on any atom is 0.358 e. The van der Waals surface area contributed by atoms with Crippen LogP contribution in [0.15, 0.2) is 59.4 Å². The number of aromatic nitrogens is 2. The van der Waals surface area contributed by atoms with E-state index in [-0.39, 0.29) is 17.8 Å². The van der Waals surface area contributed by atoms with E-state index in [0.29, 0.717) is 11.3 Å². The lowest BCUT2D eigenvalue weighted by Gasteiger charge is -2.12. The molecule has 1 heterocycles. The SMILES string of the molecule is O=C(Nc1ccccc1-c1nc(C(=O)O)c(O)c(=O)[nH]1)NC1CC1c1ccccc1. The highest BCUT2D eigenvalue weighted by Crippen LogP contribution is 2.40. The van der Waals surface area contributed by atoms with Crippen molar-refractivity contribution in [2.45, 2.75) is 18.4 Å². The van der Waals surface area contributed by atoms with Crippen LogP contribution in [0.25, 0.3) is 11.4 Å². The van der Waals surface area contributed by atoms with Crippen LogP contribution in [0.4, 0.5) is 10.5 Å². The molecule has 1 aromatic heterocycles. The number of rotatable bonds is 5. The smallest absolute Gasteiger partial charge is 0.358 e. The summed E-state index contributed by atoms with van der Waals surface area (Å²) in [6, 6.07) is 16.0. The van der Waals surface area contributed by atoms with Crippen molar-refractivity contribution in [3.8, 4) is 17.1 Å². The molecular formula is C21H18N4O5. The average Bonchev–Trinajstić information content (AvgIpc) is 3.49. The molecule has 0 aliphatic heterocycles. The van der Waals surface area contributed by atoms with E-state index in [1.807, 2.05) is 30.3 Å². The van der Waals surface area contributed by atoms with E-state index < -0.39 is 29.0 Å². The molecule has 1 fully saturated rings. The van der Waals surface area contributed by atoms with Gasteiger partial charge in [0.25, 0.3) is 5.56 Å². The third-order valence-corrected chi connectivity index (χ3v) is 4.86. The van der Waals surface area contributed by atoms with Crippen LogP contribution in [0.3, 0.4) is 0 Å². The molecule has 2 unspecified atom stereocenters. The fraction of sp³-hybridized carbons (Fsp3) is 0.143. The normalized spacial score (nSPS) is 17.2. The molecule has 0 radical (unpaired) electrons. The van der Waals surface area contributed by atoms with Crippen LogP contribution < -0.4 is 16.2 Å². The minimum atomic E-state index is -1.54. The summed E-state index contributed by atoms with van der Waals surface area (Å²) < 4.78 is 0. The molecular weight excluding hydrogens is 388 g/mol. The molecule has 2 atom stereocenters. The first-order chi connectivity index (χ1) is 14.4. The zero-order valence-electron chi connectivity index (χ0n) is 15.6. The first kappa shape index (κ1) is 19.2. The second-order valence-electron chi connectivity index (χ2n) is 6.92. The molecule has 9 nitrogen and oxygen atoms in total. The van der Waals surface area contributed by atoms with Crippen molar-refractivity contribution >= 4 is 17.7 Å². The fourth-order valence-corrected chi connectivity index (χ4v) is 3.29. The van der Waals surface area contributed by atoms with E-state index in [2.05, 4.69) is 20.6 Å². The van der Waals surface area contributed by atoms with Gasteiger partial charge in [-0.3, -0.25) is 4.79 Å². The van der Waals surface area contributed by atoms with Gasteiger partial charge in [0, 0.05) is 17.5 Å². The molecule has 0 bridgehead atoms. The Balaban J connectivity index is 1.53. The fourth-order valence-electron chi connectivity index (χ4n) is 3.29. The number of nitrogens with one attached hydrogen (secondary N) is 3. The predicted molar refractivity (Wildman–Crippen MR) is 109 cm³/mol. The van der Waals surface area contributed by atoms with E-state index in [9.17, 15) is 19.5 Å². The minimum Gasteiger partial charge on any atom is -0.501 e. The molecule has 0 spiro atoms. The number of hydrogen-bond acceptors (Lipinski definition) is 5. The number of H-pyrrole nitrogens is 1. The lowest BCUT2D eigenvalue weighted by Crippen LogP contribution is -2.31. The first-order valence-electron chi connectivity index (χ1n) is 9.22. The number of carbonyl (C=O) groups is 2. The molecule has 4 rings (SSSR count). The van der Waals surface area contributed by atoms with Gasteiger partial charge in [0.15, 0.2) is 5.69 Å². The van der Waals surface area contributed by atoms with Gasteiger partial charge < -0.3 is 25.8 Å². The topological polar surface area (TPSA) is 144 Å². The molecule has 3 aromatic rings. The molecule has 152 valence electrons. The van der Waals surface area contributed by atoms with Crippen LogP contribution >= 0.6 is 0 Å². The van der Waals surface area contributed by atoms with Crippen molar-refractivity contribution < 1.29 is 19.8 Å². The summed E-state index contributed by atoms with van der Waals surface area (Å²) >= 11 is 0. The number of aromatic carboxylic acids is 1. The molecule has 1 saturated carbocycles. The molecule has 2 amide bonds. The number of carbonyl (C=O) groups excluding carboxylic acids is 1. The predicted octanol–water partition coefficient (Wildman–Crippen LogP) is 2.52. The minimum absolute atomic E-state index is 0.0183. The van der Waals surface area contributed by atoms with Gasteiger partial charge in [-0.25, -0.2) is 14.6 Å². The van der Waals surface area contributed by atoms with Crippen molar-refractivity contribution in [3.63, 3.8) is 0 Å². The van der Waals surface area contributed by atoms with E-state index >= 15 is 0 Å². The third kappa shape index (κ3) is 3.86. The van der Waals surface area contributed by atoms with E-state index in [1.54, 1.807) is 24.3 Å². The van der Waals surface area contributed by atoms with Gasteiger partial charge in [-0.05, 0) is 24.1 Å². The summed E-state index contributed by atoms with van der Waals surface area (Å²) in [6.07, 6.45) is 0.841. The summed E-state index contributed by atoms with van der Waals surface area (Å²) in [5, 5.41) is 24.4. The zero-order valence-corrected chi connectivity index (χ0v) is 15.6. The molecule has 5 N–H and O–H groups in total. The highest BCUT2D eigenvalue weighted by atomic mass is 16.4. The Hall–Kier alpha value is -4.14. The van der Waals surface area contributed by atoms with Gasteiger partial charge in [-0.2, -0.15) is 0 Å². The number of para-hydroxylation sites is 1. The van der Waals surface area contributed by atoms with Crippen molar-refractivity contribution in [3.05, 3.63) is 76.2 Å². The summed E-state index contributed by atoms with van der Waals surface area (Å²) in [5.41, 5.74) is 0.0482. The van der Waals surface area contributed by atoms with E-state index in [4.69, 9.17) is 5.11 Å². The Morgan fingerprint density at radius 3 is 2.50 bits per heavy atom. The summed E-state index contributed by atoms with van der Waals surface area (Å²) in [4.78, 5) is 41.7. The zero-order chi connectivity index (χ0) is 21.3. The monoisotopic (exact) mass is 406 g/mol. The standard InChI is InChI=1S/C21H18N4O5/c26-17-16(20(28)29)24-18(25-19(17)27)12-8-4-5-9-14(12)22-21(30)23-15-10-13(15)11-6-2-1-3-7-11/h1-9,13,15,26H,10H2,(H,28,29)(H2,22,23,30)(H,24,25,27). The summed E-state index contributed by atoms with van der Waals surface area (Å²) in [6.45, 7) is 0. The van der Waals surface area contributed by atoms with Crippen LogP contribution in [0.1, 0.15) is 28.4 Å². The Kier molecular flexibility index (Phi) is 4.93. The van der Waals surface area contributed by atoms with Gasteiger partial charge in [0.2, 0.25) is 5.75 Å². The Morgan fingerprint density at radius 1 is 1.07 bits per heavy atom. The second-order valence-corrected chi connectivity index (χ2v) is 6.92. The number of hydrogen-bond donors (Lipinski definition) is 5. The van der Waals surface area contributed by atoms with Crippen molar-refractivity contribution in [1.82, 2.24) is 15.3 Å². The maximum absolute atomic E-state index is 12.5. The molecule has 30 heavy (non-hydrogen) atoms. The second kappa shape index (κ2) is 7.70. The van der Waals surface area contributed by atoms with Gasteiger partial charge in [-0.15, -0.1) is 0 Å². The highest BCUT2D eigenvalue weighted by Gasteiger charge is 2.39. The lowest BCUT2D eigenvalue weighted by molar-refractivity contribution is 0.0686. The van der Waals surface area contributed by atoms with Crippen LogP contribution in [0, 0.1) is 0 Å². The maximum atomic E-state index is 12.5. The number of carboxylic acid groups (broad SMARTS) is 1. The van der Waals surface area contributed by atoms with Crippen LogP contribution in [-0.4, -0.2) is 38.2 Å². The number of amides is 2. The van der Waals surface area contributed by atoms with Crippen LogP contribution in [0.2, 0.25) is 0 Å². The van der Waals surface area contributed by atoms with Crippen molar-refractivity contribution in [2.75, 3.05) is 5.32 Å². The average molecular weight is 406 g/mol. The highest BCUT2D eigenvalue weighted by molar-refractivity contribution is 5.94. The number of aromatic hydroxyl groups is 1. The van der Waals surface area contributed by atoms with Gasteiger partial charge in [-0.1, -0.05) is 42.5 Å². The number of urea groups is 1. The van der Waals surface area contributed by atoms with Gasteiger partial charge >= 0.3 is 12.0 Å². The number of anilines is 1. The molecule has 9 heteroatoms. The molecule has 1 aliphatic carbocycles. The Morgan fingerprint density at radius 2 is 1.77 bits per heavy atom. The number of aromatic amines is 1. The molecule has 1 aliphatic rings. The lowest BCUT2D eigenvalue weighted by atomic mass is 10.1. The number of benzene rings is 2. The molecule has 0 saturated heterocycles. The number of carboxylic acids is 1. The van der Waals surface area contributed by atoms with E-state index in [1.165, 1.54) is 0 Å². The third-order valence-electron chi connectivity index (χ3n) is 4.86. The Bertz CT molecular complexity index is 1180. The Labute approximate surface area is 170 Å². The van der Waals surface area contributed by atoms with E-state index in [0.717, 1.165) is 12.0 Å². The summed E-state index contributed by atoms with van der Waals surface area (Å²) in [5.74, 6) is -2.33. The van der Waals surface area contributed by atoms with Crippen molar-refractivity contribution in [1.29, 1.82) is 0 Å². The van der Waals surface area contributed by atoms with Gasteiger partial charge in [0.05, 0.1) is 5.69 Å².